The van der Waals surface area contributed by atoms with Gasteiger partial charge in [0.05, 0.1) is 11.1 Å². The Kier molecular flexibility index (Phi) is 3.83. The van der Waals surface area contributed by atoms with E-state index >= 15 is 0 Å². The summed E-state index contributed by atoms with van der Waals surface area (Å²) in [5.41, 5.74) is 3.09. The van der Waals surface area contributed by atoms with Gasteiger partial charge in [-0.05, 0) is 27.6 Å². The second kappa shape index (κ2) is 5.73. The zero-order valence-electron chi connectivity index (χ0n) is 10.7. The number of benzene rings is 1. The van der Waals surface area contributed by atoms with Gasteiger partial charge in [0.1, 0.15) is 0 Å². The normalized spacial score (nSPS) is 10.7. The molecule has 0 fully saturated rings. The largest absolute Gasteiger partial charge is 0.493 e. The van der Waals surface area contributed by atoms with Gasteiger partial charge in [0.2, 0.25) is 0 Å². The highest BCUT2D eigenvalue weighted by molar-refractivity contribution is 5.80. The zero-order valence-corrected chi connectivity index (χ0v) is 10.7. The van der Waals surface area contributed by atoms with Gasteiger partial charge in [-0.15, -0.1) is 0 Å². The second-order valence-corrected chi connectivity index (χ2v) is 3.83. The number of anilines is 1. The maximum Gasteiger partial charge on any atom is 0.493 e. The average molecular weight is 291 g/mol. The molecule has 0 amide bonds. The van der Waals surface area contributed by atoms with Crippen molar-refractivity contribution in [2.45, 2.75) is 0 Å². The summed E-state index contributed by atoms with van der Waals surface area (Å²) in [5, 5.41) is 28.4. The first-order valence-corrected chi connectivity index (χ1v) is 5.56. The van der Waals surface area contributed by atoms with Crippen molar-refractivity contribution in [2.75, 3.05) is 5.43 Å². The van der Waals surface area contributed by atoms with Crippen molar-refractivity contribution in [3.05, 3.63) is 50.1 Å². The minimum absolute atomic E-state index is 0.0240. The molecule has 0 saturated carbocycles. The zero-order chi connectivity index (χ0) is 15.4. The topological polar surface area (TPSA) is 141 Å². The number of rotatable bonds is 5. The van der Waals surface area contributed by atoms with E-state index in [0.717, 1.165) is 0 Å². The number of hydrogen-bond acceptors (Lipinski definition) is 8. The summed E-state index contributed by atoms with van der Waals surface area (Å²) in [5.74, 6) is -0.439. The maximum absolute atomic E-state index is 10.5. The third-order valence-electron chi connectivity index (χ3n) is 2.40. The van der Waals surface area contributed by atoms with Gasteiger partial charge in [-0.2, -0.15) is 9.78 Å². The Balaban J connectivity index is 2.05. The lowest BCUT2D eigenvalue weighted by Crippen LogP contribution is -2.00. The molecule has 1 N–H and O–H groups in total. The van der Waals surface area contributed by atoms with E-state index in [-0.39, 0.29) is 11.6 Å². The first-order valence-electron chi connectivity index (χ1n) is 5.56. The van der Waals surface area contributed by atoms with Crippen molar-refractivity contribution >= 4 is 23.8 Å². The molecule has 0 saturated heterocycles. The molecular weight excluding hydrogens is 282 g/mol. The van der Waals surface area contributed by atoms with E-state index in [2.05, 4.69) is 20.6 Å². The molecular formula is C10H9N7O4. The first kappa shape index (κ1) is 14.0. The molecule has 108 valence electrons. The van der Waals surface area contributed by atoms with E-state index in [9.17, 15) is 20.2 Å². The Hall–Kier alpha value is -3.37. The van der Waals surface area contributed by atoms with Crippen molar-refractivity contribution in [1.29, 1.82) is 0 Å². The molecule has 1 heterocycles. The van der Waals surface area contributed by atoms with Crippen molar-refractivity contribution < 1.29 is 9.85 Å². The van der Waals surface area contributed by atoms with Gasteiger partial charge in [-0.25, -0.2) is 5.43 Å². The Morgan fingerprint density at radius 1 is 1.24 bits per heavy atom. The first-order chi connectivity index (χ1) is 9.97. The highest BCUT2D eigenvalue weighted by Crippen LogP contribution is 2.11. The van der Waals surface area contributed by atoms with Crippen LogP contribution in [0.5, 0.6) is 0 Å². The number of aryl methyl sites for hydroxylation is 1. The quantitative estimate of drug-likeness (QED) is 0.493. The molecule has 1 aromatic carbocycles. The van der Waals surface area contributed by atoms with E-state index in [1.165, 1.54) is 42.2 Å². The molecule has 11 heteroatoms. The van der Waals surface area contributed by atoms with Gasteiger partial charge in [-0.3, -0.25) is 10.1 Å². The lowest BCUT2D eigenvalue weighted by Gasteiger charge is -1.94. The molecule has 0 spiro atoms. The molecule has 1 aromatic heterocycles. The highest BCUT2D eigenvalue weighted by Gasteiger charge is 2.18. The molecule has 0 unspecified atom stereocenters. The summed E-state index contributed by atoms with van der Waals surface area (Å²) in [7, 11) is 1.48. The fourth-order valence-corrected chi connectivity index (χ4v) is 1.39. The predicted molar refractivity (Wildman–Crippen MR) is 72.0 cm³/mol. The van der Waals surface area contributed by atoms with Crippen LogP contribution in [0.4, 0.5) is 17.6 Å². The van der Waals surface area contributed by atoms with Crippen LogP contribution in [0, 0.1) is 20.2 Å². The Morgan fingerprint density at radius 3 is 2.43 bits per heavy atom. The third kappa shape index (κ3) is 3.34. The van der Waals surface area contributed by atoms with Crippen LogP contribution in [-0.2, 0) is 7.05 Å². The molecule has 21 heavy (non-hydrogen) atoms. The number of hydrazone groups is 1. The van der Waals surface area contributed by atoms with Crippen LogP contribution in [0.25, 0.3) is 0 Å². The summed E-state index contributed by atoms with van der Waals surface area (Å²) in [6.45, 7) is 0. The Bertz CT molecular complexity index is 707. The summed E-state index contributed by atoms with van der Waals surface area (Å²) < 4.78 is 1.17. The minimum Gasteiger partial charge on any atom is -0.390 e. The number of nitro groups is 2. The monoisotopic (exact) mass is 291 g/mol. The SMILES string of the molecule is Cn1nc([N+](=O)[O-])nc1N/N=C/c1ccc([N+](=O)[O-])cc1. The second-order valence-electron chi connectivity index (χ2n) is 3.83. The number of nitrogens with one attached hydrogen (secondary N) is 1. The van der Waals surface area contributed by atoms with Crippen LogP contribution in [0.1, 0.15) is 5.56 Å². The van der Waals surface area contributed by atoms with E-state index < -0.39 is 15.8 Å². The van der Waals surface area contributed by atoms with Gasteiger partial charge in [0, 0.05) is 24.3 Å². The van der Waals surface area contributed by atoms with Crippen LogP contribution in [0.15, 0.2) is 29.4 Å². The summed E-state index contributed by atoms with van der Waals surface area (Å²) >= 11 is 0. The van der Waals surface area contributed by atoms with Crippen molar-refractivity contribution in [2.24, 2.45) is 12.1 Å². The van der Waals surface area contributed by atoms with Gasteiger partial charge in [-0.1, -0.05) is 0 Å². The summed E-state index contributed by atoms with van der Waals surface area (Å²) in [4.78, 5) is 23.4. The third-order valence-corrected chi connectivity index (χ3v) is 2.40. The summed E-state index contributed by atoms with van der Waals surface area (Å²) in [6, 6.07) is 5.72. The molecule has 0 atom stereocenters. The standard InChI is InChI=1S/C10H9N7O4/c1-15-9(12-10(14-15)17(20)21)13-11-6-7-2-4-8(5-3-7)16(18)19/h2-6H,1H3,(H,12,13,14)/b11-6+. The Labute approximate surface area is 117 Å². The van der Waals surface area contributed by atoms with E-state index in [4.69, 9.17) is 0 Å². The minimum atomic E-state index is -0.717. The van der Waals surface area contributed by atoms with E-state index in [1.807, 2.05) is 0 Å². The van der Waals surface area contributed by atoms with Crippen molar-refractivity contribution in [3.63, 3.8) is 0 Å². The number of nitro benzene ring substituents is 1. The molecule has 0 bridgehead atoms. The predicted octanol–water partition coefficient (Wildman–Crippen LogP) is 1.08. The van der Waals surface area contributed by atoms with Crippen LogP contribution >= 0.6 is 0 Å². The van der Waals surface area contributed by atoms with Crippen LogP contribution in [0.3, 0.4) is 0 Å². The van der Waals surface area contributed by atoms with Gasteiger partial charge >= 0.3 is 11.9 Å². The van der Waals surface area contributed by atoms with Crippen LogP contribution in [0.2, 0.25) is 0 Å². The molecule has 0 radical (unpaired) electrons. The lowest BCUT2D eigenvalue weighted by atomic mass is 10.2. The van der Waals surface area contributed by atoms with E-state index in [0.29, 0.717) is 5.56 Å². The number of aromatic nitrogens is 3. The van der Waals surface area contributed by atoms with Crippen LogP contribution in [-0.4, -0.2) is 30.8 Å². The fraction of sp³-hybridized carbons (Fsp3) is 0.100. The average Bonchev–Trinajstić information content (AvgIpc) is 2.81. The summed E-state index contributed by atoms with van der Waals surface area (Å²) in [6.07, 6.45) is 1.39. The van der Waals surface area contributed by atoms with Gasteiger partial charge < -0.3 is 10.1 Å². The Morgan fingerprint density at radius 2 is 1.90 bits per heavy atom. The van der Waals surface area contributed by atoms with Crippen molar-refractivity contribution in [1.82, 2.24) is 14.8 Å². The molecule has 2 aromatic rings. The van der Waals surface area contributed by atoms with Crippen LogP contribution < -0.4 is 5.43 Å². The molecule has 0 aliphatic heterocycles. The number of hydrogen-bond donors (Lipinski definition) is 1. The van der Waals surface area contributed by atoms with E-state index in [1.54, 1.807) is 0 Å². The van der Waals surface area contributed by atoms with Gasteiger partial charge in [0.15, 0.2) is 0 Å². The number of nitrogens with zero attached hydrogens (tertiary/aromatic N) is 6. The molecule has 11 nitrogen and oxygen atoms in total. The lowest BCUT2D eigenvalue weighted by molar-refractivity contribution is -0.394. The highest BCUT2D eigenvalue weighted by atomic mass is 16.6. The number of non-ortho nitro benzene ring substituents is 1. The van der Waals surface area contributed by atoms with Crippen molar-refractivity contribution in [3.8, 4) is 0 Å². The molecule has 2 rings (SSSR count). The molecule has 0 aliphatic carbocycles. The maximum atomic E-state index is 10.5. The smallest absolute Gasteiger partial charge is 0.390 e. The fourth-order valence-electron chi connectivity index (χ4n) is 1.39. The molecule has 0 aliphatic rings. The van der Waals surface area contributed by atoms with Gasteiger partial charge in [0.25, 0.3) is 5.69 Å².